The van der Waals surface area contributed by atoms with Gasteiger partial charge < -0.3 is 20.5 Å². The van der Waals surface area contributed by atoms with Gasteiger partial charge in [0.25, 0.3) is 0 Å². The van der Waals surface area contributed by atoms with Crippen molar-refractivity contribution in [2.24, 2.45) is 0 Å². The Morgan fingerprint density at radius 1 is 1.30 bits per heavy atom. The first-order valence-corrected chi connectivity index (χ1v) is 8.20. The van der Waals surface area contributed by atoms with E-state index in [0.29, 0.717) is 29.6 Å². The monoisotopic (exact) mass is 330 g/mol. The van der Waals surface area contributed by atoms with Gasteiger partial charge in [-0.15, -0.1) is 11.3 Å². The van der Waals surface area contributed by atoms with Crippen LogP contribution < -0.4 is 10.9 Å². The Labute approximate surface area is 137 Å². The van der Waals surface area contributed by atoms with E-state index in [1.54, 1.807) is 23.5 Å². The summed E-state index contributed by atoms with van der Waals surface area (Å²) in [6.45, 7) is 3.14. The molecule has 3 rings (SSSR count). The molecule has 0 amide bonds. The summed E-state index contributed by atoms with van der Waals surface area (Å²) in [5.74, 6) is -0.00401. The van der Waals surface area contributed by atoms with Gasteiger partial charge in [0.2, 0.25) is 5.56 Å². The number of fused-ring (bicyclic) bond motifs is 1. The van der Waals surface area contributed by atoms with Crippen molar-refractivity contribution >= 4 is 22.2 Å². The molecule has 6 heteroatoms. The number of aromatic amines is 1. The van der Waals surface area contributed by atoms with Crippen molar-refractivity contribution in [2.75, 3.05) is 6.54 Å². The molecule has 1 aromatic carbocycles. The van der Waals surface area contributed by atoms with Crippen molar-refractivity contribution in [2.45, 2.75) is 19.6 Å². The normalized spacial score (nSPS) is 12.6. The molecule has 23 heavy (non-hydrogen) atoms. The molecular weight excluding hydrogens is 312 g/mol. The van der Waals surface area contributed by atoms with Gasteiger partial charge in [-0.05, 0) is 41.6 Å². The highest BCUT2D eigenvalue weighted by atomic mass is 32.1. The average Bonchev–Trinajstić information content (AvgIpc) is 2.93. The van der Waals surface area contributed by atoms with Crippen LogP contribution in [0.1, 0.15) is 22.1 Å². The summed E-state index contributed by atoms with van der Waals surface area (Å²) in [5, 5.41) is 26.3. The van der Waals surface area contributed by atoms with Crippen molar-refractivity contribution in [3.05, 3.63) is 62.1 Å². The largest absolute Gasteiger partial charge is 0.506 e. The van der Waals surface area contributed by atoms with Crippen LogP contribution in [0.5, 0.6) is 5.75 Å². The molecule has 0 aliphatic rings. The number of aliphatic hydroxyl groups excluding tert-OH is 1. The Kier molecular flexibility index (Phi) is 4.47. The van der Waals surface area contributed by atoms with Gasteiger partial charge in [-0.2, -0.15) is 0 Å². The summed E-state index contributed by atoms with van der Waals surface area (Å²) < 4.78 is 0. The Morgan fingerprint density at radius 2 is 2.13 bits per heavy atom. The van der Waals surface area contributed by atoms with Gasteiger partial charge >= 0.3 is 0 Å². The fourth-order valence-corrected chi connectivity index (χ4v) is 3.42. The van der Waals surface area contributed by atoms with Crippen molar-refractivity contribution in [3.63, 3.8) is 0 Å². The van der Waals surface area contributed by atoms with Crippen LogP contribution in [0.15, 0.2) is 40.5 Å². The Balaban J connectivity index is 1.77. The fourth-order valence-electron chi connectivity index (χ4n) is 2.57. The van der Waals surface area contributed by atoms with Crippen LogP contribution in [-0.4, -0.2) is 21.7 Å². The van der Waals surface area contributed by atoms with Crippen molar-refractivity contribution in [3.8, 4) is 5.75 Å². The second-order valence-corrected chi connectivity index (χ2v) is 6.52. The van der Waals surface area contributed by atoms with E-state index in [2.05, 4.69) is 28.7 Å². The summed E-state index contributed by atoms with van der Waals surface area (Å²) in [5.41, 5.74) is 1.97. The van der Waals surface area contributed by atoms with Crippen molar-refractivity contribution < 1.29 is 10.2 Å². The molecule has 0 unspecified atom stereocenters. The molecule has 120 valence electrons. The van der Waals surface area contributed by atoms with Gasteiger partial charge in [-0.1, -0.05) is 6.07 Å². The first-order chi connectivity index (χ1) is 11.0. The molecule has 2 aromatic heterocycles. The maximum absolute atomic E-state index is 11.4. The van der Waals surface area contributed by atoms with Crippen LogP contribution in [0.25, 0.3) is 10.9 Å². The number of aromatic hydroxyl groups is 1. The minimum Gasteiger partial charge on any atom is -0.506 e. The molecular formula is C17H18N2O3S. The Morgan fingerprint density at radius 3 is 2.87 bits per heavy atom. The predicted molar refractivity (Wildman–Crippen MR) is 92.0 cm³/mol. The molecule has 0 bridgehead atoms. The summed E-state index contributed by atoms with van der Waals surface area (Å²) in [6, 6.07) is 8.29. The van der Waals surface area contributed by atoms with Gasteiger partial charge in [-0.3, -0.25) is 4.79 Å². The van der Waals surface area contributed by atoms with Crippen LogP contribution >= 0.6 is 11.3 Å². The zero-order chi connectivity index (χ0) is 16.4. The molecule has 5 nitrogen and oxygen atoms in total. The molecule has 0 fully saturated rings. The predicted octanol–water partition coefficient (Wildman–Crippen LogP) is 2.43. The maximum Gasteiger partial charge on any atom is 0.248 e. The summed E-state index contributed by atoms with van der Waals surface area (Å²) >= 11 is 1.69. The number of phenolic OH excluding ortho intramolecular Hbond substituents is 1. The smallest absolute Gasteiger partial charge is 0.248 e. The Hall–Kier alpha value is -2.15. The average molecular weight is 330 g/mol. The third-order valence-corrected chi connectivity index (χ3v) is 4.74. The number of H-pyrrole nitrogens is 1. The minimum absolute atomic E-state index is 0.00401. The second kappa shape index (κ2) is 6.54. The highest BCUT2D eigenvalue weighted by Crippen LogP contribution is 2.28. The van der Waals surface area contributed by atoms with Crippen molar-refractivity contribution in [1.82, 2.24) is 10.3 Å². The zero-order valence-corrected chi connectivity index (χ0v) is 13.5. The van der Waals surface area contributed by atoms with Crippen LogP contribution in [-0.2, 0) is 6.54 Å². The topological polar surface area (TPSA) is 85.3 Å². The molecule has 0 saturated heterocycles. The number of pyridine rings is 1. The standard InChI is InChI=1S/C17H18N2O3S/c1-10-6-11(23-9-10)7-18-8-15(21)12-2-4-14(20)17-13(12)3-5-16(22)19-17/h2-6,9,15,18,20-21H,7-8H2,1H3,(H,19,22)/t15-/m0/s1. The molecule has 1 atom stereocenters. The zero-order valence-electron chi connectivity index (χ0n) is 12.7. The Bertz CT molecular complexity index is 885. The summed E-state index contributed by atoms with van der Waals surface area (Å²) in [4.78, 5) is 15.2. The number of thiophene rings is 1. The molecule has 2 heterocycles. The van der Waals surface area contributed by atoms with Gasteiger partial charge in [0.1, 0.15) is 5.75 Å². The number of aryl methyl sites for hydroxylation is 1. The second-order valence-electron chi connectivity index (χ2n) is 5.52. The van der Waals surface area contributed by atoms with E-state index in [0.717, 1.165) is 0 Å². The SMILES string of the molecule is Cc1csc(CNC[C@H](O)c2ccc(O)c3[nH]c(=O)ccc23)c1. The van der Waals surface area contributed by atoms with Crippen LogP contribution in [0.2, 0.25) is 0 Å². The number of aromatic nitrogens is 1. The third kappa shape index (κ3) is 3.44. The first-order valence-electron chi connectivity index (χ1n) is 7.32. The van der Waals surface area contributed by atoms with E-state index in [-0.39, 0.29) is 11.3 Å². The lowest BCUT2D eigenvalue weighted by molar-refractivity contribution is 0.176. The third-order valence-electron chi connectivity index (χ3n) is 3.69. The maximum atomic E-state index is 11.4. The molecule has 0 saturated carbocycles. The number of benzene rings is 1. The van der Waals surface area contributed by atoms with Gasteiger partial charge in [0.05, 0.1) is 11.6 Å². The molecule has 0 aliphatic carbocycles. The van der Waals surface area contributed by atoms with Crippen LogP contribution in [0.3, 0.4) is 0 Å². The molecule has 0 radical (unpaired) electrons. The fraction of sp³-hybridized carbons (Fsp3) is 0.235. The molecule has 0 aliphatic heterocycles. The van der Waals surface area contributed by atoms with Gasteiger partial charge in [0, 0.05) is 29.4 Å². The molecule has 0 spiro atoms. The lowest BCUT2D eigenvalue weighted by Gasteiger charge is -2.15. The van der Waals surface area contributed by atoms with Gasteiger partial charge in [-0.25, -0.2) is 0 Å². The number of aliphatic hydroxyl groups is 1. The first kappa shape index (κ1) is 15.7. The highest BCUT2D eigenvalue weighted by Gasteiger charge is 2.13. The minimum atomic E-state index is -0.731. The lowest BCUT2D eigenvalue weighted by Crippen LogP contribution is -2.21. The number of hydrogen-bond donors (Lipinski definition) is 4. The number of phenols is 1. The van der Waals surface area contributed by atoms with Crippen LogP contribution in [0, 0.1) is 6.92 Å². The lowest BCUT2D eigenvalue weighted by atomic mass is 10.0. The van der Waals surface area contributed by atoms with E-state index in [9.17, 15) is 15.0 Å². The molecule has 4 N–H and O–H groups in total. The van der Waals surface area contributed by atoms with E-state index in [1.807, 2.05) is 0 Å². The number of hydrogen-bond acceptors (Lipinski definition) is 5. The van der Waals surface area contributed by atoms with E-state index in [4.69, 9.17) is 0 Å². The van der Waals surface area contributed by atoms with E-state index in [1.165, 1.54) is 22.6 Å². The summed E-state index contributed by atoms with van der Waals surface area (Å²) in [6.07, 6.45) is -0.731. The summed E-state index contributed by atoms with van der Waals surface area (Å²) in [7, 11) is 0. The van der Waals surface area contributed by atoms with Crippen LogP contribution in [0.4, 0.5) is 0 Å². The number of nitrogens with one attached hydrogen (secondary N) is 2. The van der Waals surface area contributed by atoms with Crippen molar-refractivity contribution in [1.29, 1.82) is 0 Å². The highest BCUT2D eigenvalue weighted by molar-refractivity contribution is 7.10. The molecule has 3 aromatic rings. The van der Waals surface area contributed by atoms with Gasteiger partial charge in [0.15, 0.2) is 0 Å². The van der Waals surface area contributed by atoms with E-state index >= 15 is 0 Å². The van der Waals surface area contributed by atoms with E-state index < -0.39 is 6.10 Å². The number of rotatable bonds is 5. The quantitative estimate of drug-likeness (QED) is 0.579.